The molecule has 0 saturated carbocycles. The van der Waals surface area contributed by atoms with Crippen LogP contribution in [0.1, 0.15) is 180 Å². The zero-order chi connectivity index (χ0) is 60.3. The molecular formula is C56H97N5O20. The molecule has 25 heteroatoms. The fourth-order valence-corrected chi connectivity index (χ4v) is 8.47. The lowest BCUT2D eigenvalue weighted by molar-refractivity contribution is -0.145. The molecule has 0 fully saturated rings. The number of ether oxygens (including phenoxy) is 4. The van der Waals surface area contributed by atoms with Crippen molar-refractivity contribution >= 4 is 64.9 Å². The maximum Gasteiger partial charge on any atom is 0.326 e. The Morgan fingerprint density at radius 3 is 1.28 bits per heavy atom. The van der Waals surface area contributed by atoms with Gasteiger partial charge in [-0.05, 0) is 57.9 Å². The molecule has 4 atom stereocenters. The number of aliphatic hydroxyl groups excluding tert-OH is 1. The summed E-state index contributed by atoms with van der Waals surface area (Å²) in [4.78, 5) is 132. The molecule has 0 aromatic rings. The Kier molecular flexibility index (Phi) is 47.9. The molecule has 0 rings (SSSR count). The largest absolute Gasteiger partial charge is 0.481 e. The minimum atomic E-state index is -1.45. The number of amides is 4. The summed E-state index contributed by atoms with van der Waals surface area (Å²) < 4.78 is 21.3. The number of unbranched alkanes of at least 4 members (excludes halogenated alkanes) is 14. The molecule has 25 nitrogen and oxygen atoms in total. The van der Waals surface area contributed by atoms with E-state index in [2.05, 4.69) is 26.6 Å². The first kappa shape index (κ1) is 75.5. The van der Waals surface area contributed by atoms with Gasteiger partial charge in [0.25, 0.3) is 0 Å². The Balaban J connectivity index is 3.99. The summed E-state index contributed by atoms with van der Waals surface area (Å²) in [6.07, 6.45) is 15.8. The fraction of sp³-hybridized carbons (Fsp3) is 0.804. The van der Waals surface area contributed by atoms with Crippen LogP contribution in [0, 0.1) is 11.8 Å². The number of Topliss-reactive ketones (excluding diaryl/α,β-unsaturated/α-hetero) is 3. The molecule has 0 aliphatic carbocycles. The molecule has 0 aliphatic heterocycles. The smallest absolute Gasteiger partial charge is 0.326 e. The lowest BCUT2D eigenvalue weighted by atomic mass is 9.94. The number of carboxylic acid groups (broad SMARTS) is 4. The van der Waals surface area contributed by atoms with Gasteiger partial charge in [0.1, 0.15) is 37.4 Å². The van der Waals surface area contributed by atoms with Gasteiger partial charge in [0, 0.05) is 64.6 Å². The molecule has 0 spiro atoms. The Morgan fingerprint density at radius 1 is 0.395 bits per heavy atom. The molecule has 0 aromatic carbocycles. The van der Waals surface area contributed by atoms with Crippen LogP contribution in [0.2, 0.25) is 0 Å². The number of carbonyl (C=O) groups excluding carboxylic acids is 7. The lowest BCUT2D eigenvalue weighted by Gasteiger charge is -2.16. The minimum absolute atomic E-state index is 0.0373. The van der Waals surface area contributed by atoms with Crippen molar-refractivity contribution in [3.63, 3.8) is 0 Å². The number of hydrogen-bond donors (Lipinski definition) is 10. The van der Waals surface area contributed by atoms with E-state index in [0.29, 0.717) is 38.8 Å². The van der Waals surface area contributed by atoms with Gasteiger partial charge in [-0.2, -0.15) is 0 Å². The number of aliphatic hydroxyl groups is 1. The highest BCUT2D eigenvalue weighted by Crippen LogP contribution is 2.18. The van der Waals surface area contributed by atoms with Gasteiger partial charge in [0.05, 0.1) is 57.5 Å². The average molecular weight is 1160 g/mol. The third kappa shape index (κ3) is 46.8. The van der Waals surface area contributed by atoms with Crippen molar-refractivity contribution in [3.05, 3.63) is 0 Å². The van der Waals surface area contributed by atoms with E-state index in [1.165, 1.54) is 32.1 Å². The SMILES string of the molecule is CCN[C@@H](CCCCNC(=O)CC[C@H](CC(=O)CC[C@H](NC(=O)COCCOCCNC(=O)COCCOCCNC(=O)CC[C@H](CC(=O)CCCCCCCCCCCCCCCCC(=O)O)C(=O)O)C(=O)O)C(=O)O)C(=O)CO. The highest BCUT2D eigenvalue weighted by atomic mass is 16.5. The van der Waals surface area contributed by atoms with Gasteiger partial charge in [-0.3, -0.25) is 47.9 Å². The third-order valence-corrected chi connectivity index (χ3v) is 13.1. The van der Waals surface area contributed by atoms with E-state index in [1.54, 1.807) is 0 Å². The monoisotopic (exact) mass is 1160 g/mol. The summed E-state index contributed by atoms with van der Waals surface area (Å²) in [5, 5.41) is 59.7. The Hall–Kier alpha value is -5.47. The van der Waals surface area contributed by atoms with E-state index in [9.17, 15) is 68.1 Å². The molecule has 466 valence electrons. The first-order chi connectivity index (χ1) is 38.9. The van der Waals surface area contributed by atoms with Crippen molar-refractivity contribution in [1.29, 1.82) is 0 Å². The average Bonchev–Trinajstić information content (AvgIpc) is 3.42. The van der Waals surface area contributed by atoms with Crippen molar-refractivity contribution in [3.8, 4) is 0 Å². The van der Waals surface area contributed by atoms with E-state index in [4.69, 9.17) is 29.2 Å². The van der Waals surface area contributed by atoms with Crippen LogP contribution >= 0.6 is 0 Å². The van der Waals surface area contributed by atoms with Crippen molar-refractivity contribution in [2.45, 2.75) is 192 Å². The van der Waals surface area contributed by atoms with E-state index in [0.717, 1.165) is 57.8 Å². The van der Waals surface area contributed by atoms with Crippen LogP contribution in [0.5, 0.6) is 0 Å². The minimum Gasteiger partial charge on any atom is -0.481 e. The molecule has 81 heavy (non-hydrogen) atoms. The van der Waals surface area contributed by atoms with Crippen molar-refractivity contribution in [2.75, 3.05) is 85.6 Å². The molecule has 0 aliphatic rings. The quantitative estimate of drug-likeness (QED) is 0.0388. The molecule has 0 aromatic heterocycles. The first-order valence-electron chi connectivity index (χ1n) is 29.1. The van der Waals surface area contributed by atoms with Gasteiger partial charge < -0.3 is 71.1 Å². The van der Waals surface area contributed by atoms with E-state index < -0.39 is 90.9 Å². The molecular weight excluding hydrogens is 1060 g/mol. The summed E-state index contributed by atoms with van der Waals surface area (Å²) in [6.45, 7) is 2.22. The van der Waals surface area contributed by atoms with E-state index >= 15 is 0 Å². The van der Waals surface area contributed by atoms with Crippen LogP contribution in [0.15, 0.2) is 0 Å². The van der Waals surface area contributed by atoms with Crippen molar-refractivity contribution in [2.24, 2.45) is 11.8 Å². The maximum atomic E-state index is 12.6. The number of carboxylic acids is 4. The summed E-state index contributed by atoms with van der Waals surface area (Å²) in [6, 6.07) is -1.92. The zero-order valence-corrected chi connectivity index (χ0v) is 48.0. The van der Waals surface area contributed by atoms with Crippen LogP contribution < -0.4 is 26.6 Å². The van der Waals surface area contributed by atoms with Gasteiger partial charge in [-0.15, -0.1) is 0 Å². The molecule has 0 heterocycles. The summed E-state index contributed by atoms with van der Waals surface area (Å²) in [5.74, 6) is -9.55. The molecule has 0 saturated heterocycles. The molecule has 0 radical (unpaired) electrons. The van der Waals surface area contributed by atoms with E-state index in [-0.39, 0.29) is 128 Å². The van der Waals surface area contributed by atoms with Gasteiger partial charge in [0.15, 0.2) is 5.78 Å². The van der Waals surface area contributed by atoms with Crippen LogP contribution in [-0.4, -0.2) is 188 Å². The summed E-state index contributed by atoms with van der Waals surface area (Å²) >= 11 is 0. The summed E-state index contributed by atoms with van der Waals surface area (Å²) in [7, 11) is 0. The van der Waals surface area contributed by atoms with Gasteiger partial charge in [-0.1, -0.05) is 84.0 Å². The van der Waals surface area contributed by atoms with Gasteiger partial charge in [0.2, 0.25) is 23.6 Å². The zero-order valence-electron chi connectivity index (χ0n) is 48.0. The number of carbonyl (C=O) groups is 11. The molecule has 10 N–H and O–H groups in total. The number of nitrogens with one attached hydrogen (secondary N) is 5. The fourth-order valence-electron chi connectivity index (χ4n) is 8.47. The van der Waals surface area contributed by atoms with Crippen LogP contribution in [-0.2, 0) is 71.7 Å². The Bertz CT molecular complexity index is 1820. The lowest BCUT2D eigenvalue weighted by Crippen LogP contribution is -2.43. The number of likely N-dealkylation sites (N-methyl/N-ethyl adjacent to an activating group) is 1. The predicted octanol–water partition coefficient (Wildman–Crippen LogP) is 3.67. The number of hydrogen-bond acceptors (Lipinski definition) is 17. The van der Waals surface area contributed by atoms with Crippen molar-refractivity contribution < 1.29 is 97.2 Å². The Morgan fingerprint density at radius 2 is 0.827 bits per heavy atom. The van der Waals surface area contributed by atoms with Crippen molar-refractivity contribution in [1.82, 2.24) is 26.6 Å². The standard InChI is InChI=1S/C56H97N5O20/c1-2-57-46(48(65)39-62)20-17-18-28-58-49(66)26-22-43(55(74)75)38-45(64)24-25-47(56(76)77)61-52(69)41-81-36-34-79-32-30-60-51(68)40-80-35-33-78-31-29-59-50(67)27-23-42(54(72)73)37-44(63)19-15-13-11-9-7-5-3-4-6-8-10-12-14-16-21-53(70)71/h42-43,46-47,57,62H,2-41H2,1H3,(H,58,66)(H,59,67)(H,60,68)(H,61,69)(H,70,71)(H,72,73)(H,74,75)(H,76,77)/t42-,43-,46+,47+/m1/s1. The number of rotatable bonds is 59. The molecule has 0 bridgehead atoms. The third-order valence-electron chi connectivity index (χ3n) is 13.1. The highest BCUT2D eigenvalue weighted by molar-refractivity contribution is 5.87. The second kappa shape index (κ2) is 51.4. The number of aliphatic carboxylic acids is 4. The normalized spacial score (nSPS) is 12.6. The summed E-state index contributed by atoms with van der Waals surface area (Å²) in [5.41, 5.74) is 0. The molecule has 4 amide bonds. The Labute approximate surface area is 477 Å². The second-order valence-electron chi connectivity index (χ2n) is 20.1. The van der Waals surface area contributed by atoms with Crippen LogP contribution in [0.4, 0.5) is 0 Å². The second-order valence-corrected chi connectivity index (χ2v) is 20.1. The first-order valence-corrected chi connectivity index (χ1v) is 29.1. The predicted molar refractivity (Wildman–Crippen MR) is 296 cm³/mol. The van der Waals surface area contributed by atoms with Gasteiger partial charge >= 0.3 is 23.9 Å². The van der Waals surface area contributed by atoms with Crippen LogP contribution in [0.3, 0.4) is 0 Å². The molecule has 0 unspecified atom stereocenters. The van der Waals surface area contributed by atoms with Gasteiger partial charge in [-0.25, -0.2) is 4.79 Å². The van der Waals surface area contributed by atoms with Crippen LogP contribution in [0.25, 0.3) is 0 Å². The number of ketones is 3. The maximum absolute atomic E-state index is 12.6. The highest BCUT2D eigenvalue weighted by Gasteiger charge is 2.26. The topological polar surface area (TPSA) is 386 Å². The van der Waals surface area contributed by atoms with E-state index in [1.807, 2.05) is 6.92 Å².